The number of benzene rings is 1. The van der Waals surface area contributed by atoms with E-state index in [4.69, 9.17) is 15.2 Å². The Morgan fingerprint density at radius 2 is 1.82 bits per heavy atom. The van der Waals surface area contributed by atoms with Gasteiger partial charge in [-0.05, 0) is 44.0 Å². The van der Waals surface area contributed by atoms with Crippen molar-refractivity contribution in [3.8, 4) is 5.75 Å². The molecule has 96 valence electrons. The first kappa shape index (κ1) is 14.0. The molecule has 0 bridgehead atoms. The molecule has 0 saturated heterocycles. The molecule has 3 heteroatoms. The molecule has 2 N–H and O–H groups in total. The molecule has 0 radical (unpaired) electrons. The summed E-state index contributed by atoms with van der Waals surface area (Å²) in [7, 11) is 0. The van der Waals surface area contributed by atoms with Crippen LogP contribution in [0.3, 0.4) is 0 Å². The molecule has 1 aromatic carbocycles. The van der Waals surface area contributed by atoms with E-state index in [0.29, 0.717) is 13.2 Å². The van der Waals surface area contributed by atoms with Gasteiger partial charge in [0.1, 0.15) is 5.75 Å². The molecule has 0 aliphatic heterocycles. The Balaban J connectivity index is 2.16. The van der Waals surface area contributed by atoms with Crippen LogP contribution in [0, 0.1) is 13.8 Å². The third-order valence-corrected chi connectivity index (χ3v) is 2.74. The van der Waals surface area contributed by atoms with E-state index in [1.165, 1.54) is 11.1 Å². The quantitative estimate of drug-likeness (QED) is 0.706. The summed E-state index contributed by atoms with van der Waals surface area (Å²) in [5.41, 5.74) is 7.86. The van der Waals surface area contributed by atoms with Crippen molar-refractivity contribution in [2.75, 3.05) is 26.4 Å². The van der Waals surface area contributed by atoms with Crippen LogP contribution in [0.2, 0.25) is 0 Å². The van der Waals surface area contributed by atoms with Gasteiger partial charge < -0.3 is 15.2 Å². The van der Waals surface area contributed by atoms with Gasteiger partial charge >= 0.3 is 0 Å². The second-order valence-electron chi connectivity index (χ2n) is 4.15. The molecule has 0 heterocycles. The Hall–Kier alpha value is -1.06. The van der Waals surface area contributed by atoms with Gasteiger partial charge in [-0.3, -0.25) is 0 Å². The molecule has 17 heavy (non-hydrogen) atoms. The molecule has 0 aliphatic rings. The second kappa shape index (κ2) is 8.09. The summed E-state index contributed by atoms with van der Waals surface area (Å²) >= 11 is 0. The summed E-state index contributed by atoms with van der Waals surface area (Å²) in [6.07, 6.45) is 1.84. The first-order valence-electron chi connectivity index (χ1n) is 6.22. The lowest BCUT2D eigenvalue weighted by Gasteiger charge is -2.10. The van der Waals surface area contributed by atoms with Crippen LogP contribution in [0.25, 0.3) is 0 Å². The smallest absolute Gasteiger partial charge is 0.122 e. The summed E-state index contributed by atoms with van der Waals surface area (Å²) in [5.74, 6) is 0.979. The van der Waals surface area contributed by atoms with Gasteiger partial charge in [0.15, 0.2) is 0 Å². The number of hydrogen-bond donors (Lipinski definition) is 1. The molecule has 0 atom stereocenters. The van der Waals surface area contributed by atoms with Gasteiger partial charge in [0.25, 0.3) is 0 Å². The van der Waals surface area contributed by atoms with Crippen LogP contribution in [0.4, 0.5) is 0 Å². The molecule has 0 aromatic heterocycles. The van der Waals surface area contributed by atoms with Crippen molar-refractivity contribution in [2.45, 2.75) is 26.7 Å². The third-order valence-electron chi connectivity index (χ3n) is 2.74. The highest BCUT2D eigenvalue weighted by atomic mass is 16.5. The lowest BCUT2D eigenvalue weighted by molar-refractivity contribution is 0.118. The maximum atomic E-state index is 5.72. The normalized spacial score (nSPS) is 10.5. The minimum absolute atomic E-state index is 0.693. The summed E-state index contributed by atoms with van der Waals surface area (Å²) in [5, 5.41) is 0. The number of hydrogen-bond acceptors (Lipinski definition) is 3. The molecular formula is C14H23NO2. The Labute approximate surface area is 104 Å². The largest absolute Gasteiger partial charge is 0.493 e. The van der Waals surface area contributed by atoms with Gasteiger partial charge in [0.2, 0.25) is 0 Å². The highest BCUT2D eigenvalue weighted by Crippen LogP contribution is 2.20. The van der Waals surface area contributed by atoms with Crippen molar-refractivity contribution in [3.63, 3.8) is 0 Å². The molecular weight excluding hydrogens is 214 g/mol. The highest BCUT2D eigenvalue weighted by Gasteiger charge is 2.00. The van der Waals surface area contributed by atoms with Crippen molar-refractivity contribution >= 4 is 0 Å². The maximum Gasteiger partial charge on any atom is 0.122 e. The van der Waals surface area contributed by atoms with Gasteiger partial charge in [0.05, 0.1) is 6.61 Å². The molecule has 0 amide bonds. The Morgan fingerprint density at radius 3 is 2.59 bits per heavy atom. The van der Waals surface area contributed by atoms with Crippen LogP contribution in [-0.4, -0.2) is 26.4 Å². The number of rotatable bonds is 8. The minimum atomic E-state index is 0.693. The topological polar surface area (TPSA) is 44.5 Å². The first-order valence-corrected chi connectivity index (χ1v) is 6.22. The van der Waals surface area contributed by atoms with Crippen LogP contribution in [0.15, 0.2) is 18.2 Å². The van der Waals surface area contributed by atoms with Crippen LogP contribution in [0.1, 0.15) is 24.0 Å². The molecule has 3 nitrogen and oxygen atoms in total. The fourth-order valence-corrected chi connectivity index (χ4v) is 1.51. The van der Waals surface area contributed by atoms with Gasteiger partial charge in [-0.25, -0.2) is 0 Å². The summed E-state index contributed by atoms with van der Waals surface area (Å²) in [4.78, 5) is 0. The molecule has 0 spiro atoms. The fourth-order valence-electron chi connectivity index (χ4n) is 1.51. The monoisotopic (exact) mass is 237 g/mol. The van der Waals surface area contributed by atoms with Gasteiger partial charge in [-0.1, -0.05) is 12.1 Å². The maximum absolute atomic E-state index is 5.72. The van der Waals surface area contributed by atoms with E-state index in [0.717, 1.165) is 31.8 Å². The predicted molar refractivity (Wildman–Crippen MR) is 70.5 cm³/mol. The van der Waals surface area contributed by atoms with E-state index in [9.17, 15) is 0 Å². The lowest BCUT2D eigenvalue weighted by atomic mass is 10.1. The Kier molecular flexibility index (Phi) is 6.67. The molecule has 0 fully saturated rings. The zero-order chi connectivity index (χ0) is 12.5. The SMILES string of the molecule is Cc1cccc(OCCCOCCCN)c1C. The van der Waals surface area contributed by atoms with E-state index in [-0.39, 0.29) is 0 Å². The third kappa shape index (κ3) is 5.20. The van der Waals surface area contributed by atoms with E-state index >= 15 is 0 Å². The van der Waals surface area contributed by atoms with Crippen molar-refractivity contribution in [1.82, 2.24) is 0 Å². The lowest BCUT2D eigenvalue weighted by Crippen LogP contribution is -2.07. The Morgan fingerprint density at radius 1 is 1.06 bits per heavy atom. The van der Waals surface area contributed by atoms with Crippen LogP contribution >= 0.6 is 0 Å². The first-order chi connectivity index (χ1) is 8.25. The summed E-state index contributed by atoms with van der Waals surface area (Å²) < 4.78 is 11.1. The average molecular weight is 237 g/mol. The zero-order valence-corrected chi connectivity index (χ0v) is 10.9. The van der Waals surface area contributed by atoms with Crippen molar-refractivity contribution in [1.29, 1.82) is 0 Å². The van der Waals surface area contributed by atoms with Crippen molar-refractivity contribution in [3.05, 3.63) is 29.3 Å². The molecule has 1 rings (SSSR count). The van der Waals surface area contributed by atoms with Crippen LogP contribution < -0.4 is 10.5 Å². The van der Waals surface area contributed by atoms with Crippen molar-refractivity contribution < 1.29 is 9.47 Å². The van der Waals surface area contributed by atoms with E-state index in [1.807, 2.05) is 12.1 Å². The summed E-state index contributed by atoms with van der Waals surface area (Å²) in [6.45, 7) is 7.07. The number of aryl methyl sites for hydroxylation is 1. The number of nitrogens with two attached hydrogens (primary N) is 1. The standard InChI is InChI=1S/C14H23NO2/c1-12-6-3-7-14(13(12)2)17-11-5-10-16-9-4-8-15/h3,6-7H,4-5,8-11,15H2,1-2H3. The predicted octanol–water partition coefficient (Wildman–Crippen LogP) is 2.44. The second-order valence-corrected chi connectivity index (χ2v) is 4.15. The van der Waals surface area contributed by atoms with Gasteiger partial charge in [-0.15, -0.1) is 0 Å². The average Bonchev–Trinajstić information content (AvgIpc) is 2.33. The molecule has 0 saturated carbocycles. The molecule has 1 aromatic rings. The highest BCUT2D eigenvalue weighted by molar-refractivity contribution is 5.38. The fraction of sp³-hybridized carbons (Fsp3) is 0.571. The van der Waals surface area contributed by atoms with Gasteiger partial charge in [-0.2, -0.15) is 0 Å². The molecule has 0 unspecified atom stereocenters. The molecule has 0 aliphatic carbocycles. The van der Waals surface area contributed by atoms with Gasteiger partial charge in [0, 0.05) is 19.6 Å². The van der Waals surface area contributed by atoms with E-state index in [1.54, 1.807) is 0 Å². The zero-order valence-electron chi connectivity index (χ0n) is 10.9. The van der Waals surface area contributed by atoms with Crippen LogP contribution in [0.5, 0.6) is 5.75 Å². The van der Waals surface area contributed by atoms with Crippen LogP contribution in [-0.2, 0) is 4.74 Å². The number of ether oxygens (including phenoxy) is 2. The minimum Gasteiger partial charge on any atom is -0.493 e. The van der Waals surface area contributed by atoms with E-state index in [2.05, 4.69) is 19.9 Å². The van der Waals surface area contributed by atoms with Crippen molar-refractivity contribution in [2.24, 2.45) is 5.73 Å². The summed E-state index contributed by atoms with van der Waals surface area (Å²) in [6, 6.07) is 6.13. The Bertz CT molecular complexity index is 326. The van der Waals surface area contributed by atoms with E-state index < -0.39 is 0 Å².